The van der Waals surface area contributed by atoms with Crippen molar-refractivity contribution in [1.82, 2.24) is 20.3 Å². The number of H-pyrrole nitrogens is 1. The van der Waals surface area contributed by atoms with E-state index in [0.717, 1.165) is 12.1 Å². The number of aliphatic imine (C=N–C) groups is 2. The van der Waals surface area contributed by atoms with Gasteiger partial charge in [0.25, 0.3) is 10.0 Å². The summed E-state index contributed by atoms with van der Waals surface area (Å²) in [5.41, 5.74) is 4.54. The number of carbonyl (C=O) groups excluding carboxylic acids is 2. The Morgan fingerprint density at radius 2 is 1.63 bits per heavy atom. The molecule has 1 aromatic carbocycles. The van der Waals surface area contributed by atoms with Crippen molar-refractivity contribution in [3.63, 3.8) is 0 Å². The van der Waals surface area contributed by atoms with E-state index in [9.17, 15) is 27.0 Å². The zero-order valence-electron chi connectivity index (χ0n) is 27.7. The topological polar surface area (TPSA) is 215 Å². The molecule has 0 radical (unpaired) electrons. The standard InChI is InChI=1S/C14H19NO4S.C6H10N2.C5H8N2O2.C4H8N2O2S/c1-10(2)14(17)15-20(18,19)13-8-6-12(7-9-13)5-4-11(3)16;1-5(2)6-3-7-4-8-6;1-3(2)4-6-5(8)9-7-4;1-3(2)4-5-8-9(7)6-4/h6-10H,4-5H2,1-3H3,(H,15,17);4-5H,3H2,1-2H3;3H,1-2H3,(H,6,7,8);3H,1-2H3,(H,5,6). The van der Waals surface area contributed by atoms with Crippen molar-refractivity contribution in [2.24, 2.45) is 32.1 Å². The van der Waals surface area contributed by atoms with E-state index in [1.165, 1.54) is 24.8 Å². The van der Waals surface area contributed by atoms with Gasteiger partial charge in [0, 0.05) is 29.9 Å². The van der Waals surface area contributed by atoms with E-state index in [1.807, 2.05) is 32.4 Å². The normalized spacial score (nSPS) is 15.2. The molecule has 17 heteroatoms. The van der Waals surface area contributed by atoms with E-state index in [1.54, 1.807) is 32.3 Å². The minimum absolute atomic E-state index is 0.0399. The van der Waals surface area contributed by atoms with E-state index in [-0.39, 0.29) is 22.5 Å². The minimum Gasteiger partial charge on any atom is -0.300 e. The van der Waals surface area contributed by atoms with Gasteiger partial charge in [0.15, 0.2) is 5.82 Å². The monoisotopic (exact) mass is 683 g/mol. The molecule has 1 amide bonds. The van der Waals surface area contributed by atoms with Crippen LogP contribution in [0.2, 0.25) is 0 Å². The number of amides is 1. The second-order valence-electron chi connectivity index (χ2n) is 11.4. The van der Waals surface area contributed by atoms with Crippen molar-refractivity contribution in [2.75, 3.05) is 6.54 Å². The molecule has 2 aliphatic heterocycles. The first-order valence-corrected chi connectivity index (χ1v) is 17.1. The molecule has 3 heterocycles. The summed E-state index contributed by atoms with van der Waals surface area (Å²) in [5.74, 6) is 0.939. The van der Waals surface area contributed by atoms with Crippen LogP contribution in [0, 0.1) is 17.8 Å². The highest BCUT2D eigenvalue weighted by atomic mass is 32.2. The Hall–Kier alpha value is -3.83. The molecule has 256 valence electrons. The van der Waals surface area contributed by atoms with Crippen molar-refractivity contribution in [3.8, 4) is 0 Å². The largest absolute Gasteiger partial charge is 0.438 e. The number of carbonyl (C=O) groups is 2. The van der Waals surface area contributed by atoms with E-state index in [0.29, 0.717) is 30.4 Å². The van der Waals surface area contributed by atoms with Gasteiger partial charge in [-0.1, -0.05) is 72.7 Å². The third kappa shape index (κ3) is 15.4. The van der Waals surface area contributed by atoms with Gasteiger partial charge in [0.05, 0.1) is 11.4 Å². The number of rotatable bonds is 9. The zero-order valence-corrected chi connectivity index (χ0v) is 29.3. The molecule has 0 aliphatic carbocycles. The van der Waals surface area contributed by atoms with E-state index in [4.69, 9.17) is 0 Å². The highest BCUT2D eigenvalue weighted by Gasteiger charge is 2.19. The first kappa shape index (κ1) is 40.2. The summed E-state index contributed by atoms with van der Waals surface area (Å²) in [7, 11) is -3.82. The molecule has 0 bridgehead atoms. The molecular weight excluding hydrogens is 638 g/mol. The van der Waals surface area contributed by atoms with Gasteiger partial charge in [-0.3, -0.25) is 19.3 Å². The number of aromatic amines is 1. The fraction of sp³-hybridized carbons (Fsp3) is 0.552. The Bertz CT molecular complexity index is 1560. The quantitative estimate of drug-likeness (QED) is 0.350. The SMILES string of the molecule is CC(=O)CCc1ccc(S(=O)(=O)NC(=O)C(C)C)cc1.CC(C)C1=NC=NC1.CC(C)C1=NS(=O)ON1.CC(C)c1noc(=O)[nH]1. The molecule has 0 spiro atoms. The Morgan fingerprint density at radius 1 is 1.00 bits per heavy atom. The molecule has 46 heavy (non-hydrogen) atoms. The van der Waals surface area contributed by atoms with E-state index < -0.39 is 38.9 Å². The van der Waals surface area contributed by atoms with Crippen LogP contribution in [0.4, 0.5) is 0 Å². The summed E-state index contributed by atoms with van der Waals surface area (Å²) in [5, 5.41) is 3.47. The fourth-order valence-electron chi connectivity index (χ4n) is 3.00. The number of ketones is 1. The van der Waals surface area contributed by atoms with Crippen LogP contribution in [0.1, 0.15) is 86.0 Å². The maximum Gasteiger partial charge on any atom is 0.438 e. The van der Waals surface area contributed by atoms with Crippen LogP contribution < -0.4 is 16.0 Å². The van der Waals surface area contributed by atoms with Crippen LogP contribution >= 0.6 is 0 Å². The molecule has 3 N–H and O–H groups in total. The smallest absolute Gasteiger partial charge is 0.300 e. The predicted molar refractivity (Wildman–Crippen MR) is 177 cm³/mol. The minimum atomic E-state index is -3.82. The molecule has 15 nitrogen and oxygen atoms in total. The average molecular weight is 684 g/mol. The van der Waals surface area contributed by atoms with Gasteiger partial charge in [0.2, 0.25) is 5.91 Å². The van der Waals surface area contributed by atoms with Crippen LogP contribution in [0.3, 0.4) is 0 Å². The number of Topliss-reactive ketones (excluding diaryl/α,β-unsaturated/α-hetero) is 1. The third-order valence-corrected chi connectivity index (χ3v) is 7.86. The Balaban J connectivity index is 0.000000337. The van der Waals surface area contributed by atoms with Gasteiger partial charge in [-0.25, -0.2) is 32.6 Å². The number of aryl methyl sites for hydroxylation is 1. The van der Waals surface area contributed by atoms with E-state index in [2.05, 4.69) is 52.7 Å². The number of sulfonamides is 1. The van der Waals surface area contributed by atoms with Crippen LogP contribution in [0.5, 0.6) is 0 Å². The molecule has 1 unspecified atom stereocenters. The number of hydrogen-bond donors (Lipinski definition) is 3. The summed E-state index contributed by atoms with van der Waals surface area (Å²) in [6, 6.07) is 6.17. The molecule has 1 aromatic heterocycles. The third-order valence-electron chi connectivity index (χ3n) is 5.92. The van der Waals surface area contributed by atoms with Crippen molar-refractivity contribution in [3.05, 3.63) is 46.2 Å². The summed E-state index contributed by atoms with van der Waals surface area (Å²) in [6.45, 7) is 17.6. The fourth-order valence-corrected chi connectivity index (χ4v) is 4.71. The van der Waals surface area contributed by atoms with Gasteiger partial charge in [-0.15, -0.1) is 4.40 Å². The average Bonchev–Trinajstić information content (AvgIpc) is 3.76. The maximum atomic E-state index is 11.9. The number of hydrogen-bond acceptors (Lipinski definition) is 12. The second-order valence-corrected chi connectivity index (χ2v) is 13.8. The molecule has 4 rings (SSSR count). The molecule has 1 atom stereocenters. The van der Waals surface area contributed by atoms with Crippen molar-refractivity contribution < 1.29 is 31.0 Å². The summed E-state index contributed by atoms with van der Waals surface area (Å²) in [6.07, 6.45) is 2.64. The first-order valence-electron chi connectivity index (χ1n) is 14.6. The van der Waals surface area contributed by atoms with Crippen molar-refractivity contribution >= 4 is 50.9 Å². The molecule has 2 aromatic rings. The van der Waals surface area contributed by atoms with Gasteiger partial charge in [-0.05, 0) is 37.0 Å². The molecular formula is C29H45N7O8S2. The lowest BCUT2D eigenvalue weighted by atomic mass is 10.1. The highest BCUT2D eigenvalue weighted by Crippen LogP contribution is 2.13. The molecule has 0 fully saturated rings. The van der Waals surface area contributed by atoms with Gasteiger partial charge < -0.3 is 4.79 Å². The van der Waals surface area contributed by atoms with Gasteiger partial charge in [-0.2, -0.15) is 4.28 Å². The first-order chi connectivity index (χ1) is 21.4. The summed E-state index contributed by atoms with van der Waals surface area (Å²) >= 11 is -1.50. The summed E-state index contributed by atoms with van der Waals surface area (Å²) < 4.78 is 48.6. The Labute approximate surface area is 272 Å². The Morgan fingerprint density at radius 3 is 1.96 bits per heavy atom. The molecule has 0 saturated carbocycles. The van der Waals surface area contributed by atoms with Crippen LogP contribution in [-0.2, 0) is 41.6 Å². The van der Waals surface area contributed by atoms with Crippen molar-refractivity contribution in [2.45, 2.75) is 86.0 Å². The van der Waals surface area contributed by atoms with Crippen LogP contribution in [-0.4, -0.2) is 58.9 Å². The lowest BCUT2D eigenvalue weighted by Crippen LogP contribution is -2.33. The van der Waals surface area contributed by atoms with Crippen LogP contribution in [0.25, 0.3) is 0 Å². The van der Waals surface area contributed by atoms with E-state index >= 15 is 0 Å². The maximum absolute atomic E-state index is 11.9. The highest BCUT2D eigenvalue weighted by molar-refractivity contribution is 7.90. The Kier molecular flexibility index (Phi) is 17.2. The predicted octanol–water partition coefficient (Wildman–Crippen LogP) is 3.44. The number of nitrogens with zero attached hydrogens (tertiary/aromatic N) is 4. The van der Waals surface area contributed by atoms with Gasteiger partial charge in [0.1, 0.15) is 18.0 Å². The number of aromatic nitrogens is 2. The molecule has 0 saturated heterocycles. The van der Waals surface area contributed by atoms with Gasteiger partial charge >= 0.3 is 17.0 Å². The lowest BCUT2D eigenvalue weighted by molar-refractivity contribution is -0.122. The number of benzene rings is 1. The zero-order chi connectivity index (χ0) is 35.0. The molecule has 2 aliphatic rings. The number of amidine groups is 1. The van der Waals surface area contributed by atoms with Crippen LogP contribution in [0.15, 0.2) is 52.9 Å². The van der Waals surface area contributed by atoms with Crippen molar-refractivity contribution in [1.29, 1.82) is 0 Å². The summed E-state index contributed by atoms with van der Waals surface area (Å²) in [4.78, 5) is 43.1. The number of nitrogens with one attached hydrogen (secondary N) is 3. The second kappa shape index (κ2) is 19.6. The number of hydroxylamine groups is 1. The lowest BCUT2D eigenvalue weighted by Gasteiger charge is -2.09.